The number of nitrogens with zero attached hydrogens (tertiary/aromatic N) is 1. The molecule has 96 valence electrons. The van der Waals surface area contributed by atoms with Crippen LogP contribution >= 0.6 is 0 Å². The summed E-state index contributed by atoms with van der Waals surface area (Å²) in [6.07, 6.45) is -4.29. The molecule has 1 heterocycles. The van der Waals surface area contributed by atoms with E-state index in [0.717, 1.165) is 6.54 Å². The quantitative estimate of drug-likeness (QED) is 0.800. The van der Waals surface area contributed by atoms with Gasteiger partial charge in [0.15, 0.2) is 0 Å². The Labute approximate surface area is 93.9 Å². The molecule has 6 heteroatoms. The molecule has 0 aromatic heterocycles. The van der Waals surface area contributed by atoms with Crippen molar-refractivity contribution in [3.05, 3.63) is 0 Å². The van der Waals surface area contributed by atoms with Crippen LogP contribution in [0.15, 0.2) is 0 Å². The molecule has 1 rings (SSSR count). The van der Waals surface area contributed by atoms with E-state index in [2.05, 4.69) is 5.32 Å². The van der Waals surface area contributed by atoms with Crippen molar-refractivity contribution in [3.8, 4) is 0 Å². The maximum atomic E-state index is 12.3. The van der Waals surface area contributed by atoms with Gasteiger partial charge >= 0.3 is 6.18 Å². The van der Waals surface area contributed by atoms with Crippen molar-refractivity contribution in [1.82, 2.24) is 10.2 Å². The normalized spacial score (nSPS) is 23.1. The Kier molecular flexibility index (Phi) is 5.01. The van der Waals surface area contributed by atoms with E-state index in [-0.39, 0.29) is 12.1 Å². The van der Waals surface area contributed by atoms with Gasteiger partial charge in [-0.3, -0.25) is 4.90 Å². The molecule has 1 fully saturated rings. The topological polar surface area (TPSA) is 24.5 Å². The molecule has 0 aromatic carbocycles. The van der Waals surface area contributed by atoms with Crippen molar-refractivity contribution in [1.29, 1.82) is 0 Å². The Morgan fingerprint density at radius 1 is 1.44 bits per heavy atom. The molecular formula is C10H19F3N2O. The highest BCUT2D eigenvalue weighted by Gasteiger charge is 2.33. The molecule has 1 saturated heterocycles. The minimum atomic E-state index is -4.15. The Balaban J connectivity index is 2.43. The van der Waals surface area contributed by atoms with Gasteiger partial charge in [0.25, 0.3) is 0 Å². The fourth-order valence-corrected chi connectivity index (χ4v) is 1.69. The summed E-state index contributed by atoms with van der Waals surface area (Å²) in [6.45, 7) is 4.96. The maximum absolute atomic E-state index is 12.3. The third-order valence-corrected chi connectivity index (χ3v) is 2.56. The third-order valence-electron chi connectivity index (χ3n) is 2.56. The summed E-state index contributed by atoms with van der Waals surface area (Å²) < 4.78 is 42.4. The Morgan fingerprint density at radius 2 is 2.12 bits per heavy atom. The Hall–Kier alpha value is -0.330. The summed E-state index contributed by atoms with van der Waals surface area (Å²) in [5.41, 5.74) is 0. The zero-order chi connectivity index (χ0) is 12.2. The largest absolute Gasteiger partial charge is 0.401 e. The van der Waals surface area contributed by atoms with Crippen LogP contribution in [0.5, 0.6) is 0 Å². The average molecular weight is 240 g/mol. The zero-order valence-corrected chi connectivity index (χ0v) is 9.68. The Bertz CT molecular complexity index is 203. The molecule has 1 N–H and O–H groups in total. The van der Waals surface area contributed by atoms with Crippen LogP contribution < -0.4 is 5.32 Å². The number of hydrogen-bond acceptors (Lipinski definition) is 3. The van der Waals surface area contributed by atoms with E-state index in [9.17, 15) is 13.2 Å². The van der Waals surface area contributed by atoms with Gasteiger partial charge in [0.05, 0.1) is 19.3 Å². The summed E-state index contributed by atoms with van der Waals surface area (Å²) in [5, 5.41) is 3.11. The van der Waals surface area contributed by atoms with Gasteiger partial charge < -0.3 is 10.1 Å². The second-order valence-corrected chi connectivity index (χ2v) is 4.34. The number of rotatable bonds is 4. The molecule has 1 unspecified atom stereocenters. The molecule has 1 aliphatic rings. The van der Waals surface area contributed by atoms with Crippen molar-refractivity contribution < 1.29 is 17.9 Å². The molecule has 0 bridgehead atoms. The highest BCUT2D eigenvalue weighted by Crippen LogP contribution is 2.18. The SMILES string of the molecule is CC(C)N(CC1CNCCO1)CC(F)(F)F. The van der Waals surface area contributed by atoms with Crippen molar-refractivity contribution in [2.24, 2.45) is 0 Å². The van der Waals surface area contributed by atoms with E-state index >= 15 is 0 Å². The minimum Gasteiger partial charge on any atom is -0.374 e. The van der Waals surface area contributed by atoms with Gasteiger partial charge in [-0.05, 0) is 13.8 Å². The van der Waals surface area contributed by atoms with Crippen molar-refractivity contribution in [2.75, 3.05) is 32.8 Å². The standard InChI is InChI=1S/C10H19F3N2O/c1-8(2)15(7-10(11,12)13)6-9-5-14-3-4-16-9/h8-9,14H,3-7H2,1-2H3. The van der Waals surface area contributed by atoms with Gasteiger partial charge in [0.2, 0.25) is 0 Å². The van der Waals surface area contributed by atoms with Gasteiger partial charge in [-0.25, -0.2) is 0 Å². The number of halogens is 3. The molecule has 1 aliphatic heterocycles. The predicted molar refractivity (Wildman–Crippen MR) is 55.4 cm³/mol. The van der Waals surface area contributed by atoms with Gasteiger partial charge in [-0.15, -0.1) is 0 Å². The van der Waals surface area contributed by atoms with Crippen molar-refractivity contribution >= 4 is 0 Å². The molecule has 1 atom stereocenters. The van der Waals surface area contributed by atoms with Crippen LogP contribution in [0.3, 0.4) is 0 Å². The van der Waals surface area contributed by atoms with Crippen LogP contribution in [0.4, 0.5) is 13.2 Å². The first kappa shape index (κ1) is 13.7. The zero-order valence-electron chi connectivity index (χ0n) is 9.68. The smallest absolute Gasteiger partial charge is 0.374 e. The average Bonchev–Trinajstić information content (AvgIpc) is 2.16. The van der Waals surface area contributed by atoms with Gasteiger partial charge in [-0.1, -0.05) is 0 Å². The number of ether oxygens (including phenoxy) is 1. The molecule has 0 aliphatic carbocycles. The van der Waals surface area contributed by atoms with E-state index in [1.54, 1.807) is 13.8 Å². The van der Waals surface area contributed by atoms with E-state index in [4.69, 9.17) is 4.74 Å². The van der Waals surface area contributed by atoms with Gasteiger partial charge in [0.1, 0.15) is 0 Å². The maximum Gasteiger partial charge on any atom is 0.401 e. The molecule has 3 nitrogen and oxygen atoms in total. The molecule has 0 radical (unpaired) electrons. The summed E-state index contributed by atoms with van der Waals surface area (Å²) in [5.74, 6) is 0. The molecule has 0 spiro atoms. The van der Waals surface area contributed by atoms with E-state index < -0.39 is 12.7 Å². The minimum absolute atomic E-state index is 0.132. The van der Waals surface area contributed by atoms with Crippen LogP contribution in [-0.2, 0) is 4.74 Å². The van der Waals surface area contributed by atoms with Crippen molar-refractivity contribution in [2.45, 2.75) is 32.2 Å². The van der Waals surface area contributed by atoms with Crippen LogP contribution in [0.2, 0.25) is 0 Å². The highest BCUT2D eigenvalue weighted by atomic mass is 19.4. The third kappa shape index (κ3) is 5.14. The summed E-state index contributed by atoms with van der Waals surface area (Å²) in [7, 11) is 0. The summed E-state index contributed by atoms with van der Waals surface area (Å²) in [6, 6.07) is -0.132. The molecule has 0 amide bonds. The lowest BCUT2D eigenvalue weighted by atomic mass is 10.2. The number of nitrogens with one attached hydrogen (secondary N) is 1. The van der Waals surface area contributed by atoms with E-state index in [1.165, 1.54) is 4.90 Å². The second-order valence-electron chi connectivity index (χ2n) is 4.34. The first-order valence-corrected chi connectivity index (χ1v) is 5.51. The van der Waals surface area contributed by atoms with Crippen molar-refractivity contribution in [3.63, 3.8) is 0 Å². The molecule has 16 heavy (non-hydrogen) atoms. The fraction of sp³-hybridized carbons (Fsp3) is 1.00. The lowest BCUT2D eigenvalue weighted by molar-refractivity contribution is -0.154. The summed E-state index contributed by atoms with van der Waals surface area (Å²) in [4.78, 5) is 1.40. The molecular weight excluding hydrogens is 221 g/mol. The van der Waals surface area contributed by atoms with Crippen LogP contribution in [-0.4, -0.2) is 56.0 Å². The lowest BCUT2D eigenvalue weighted by Gasteiger charge is -2.33. The molecule has 0 saturated carbocycles. The predicted octanol–water partition coefficient (Wildman–Crippen LogP) is 1.25. The van der Waals surface area contributed by atoms with E-state index in [0.29, 0.717) is 19.7 Å². The van der Waals surface area contributed by atoms with Crippen LogP contribution in [0, 0.1) is 0 Å². The number of alkyl halides is 3. The Morgan fingerprint density at radius 3 is 2.56 bits per heavy atom. The lowest BCUT2D eigenvalue weighted by Crippen LogP contribution is -2.49. The van der Waals surface area contributed by atoms with E-state index in [1.807, 2.05) is 0 Å². The molecule has 0 aromatic rings. The van der Waals surface area contributed by atoms with Crippen LogP contribution in [0.1, 0.15) is 13.8 Å². The van der Waals surface area contributed by atoms with Crippen LogP contribution in [0.25, 0.3) is 0 Å². The highest BCUT2D eigenvalue weighted by molar-refractivity contribution is 4.75. The van der Waals surface area contributed by atoms with Gasteiger partial charge in [0, 0.05) is 25.7 Å². The number of hydrogen-bond donors (Lipinski definition) is 1. The first-order valence-electron chi connectivity index (χ1n) is 5.51. The second kappa shape index (κ2) is 5.84. The van der Waals surface area contributed by atoms with Gasteiger partial charge in [-0.2, -0.15) is 13.2 Å². The summed E-state index contributed by atoms with van der Waals surface area (Å²) >= 11 is 0. The monoisotopic (exact) mass is 240 g/mol. The number of morpholine rings is 1. The first-order chi connectivity index (χ1) is 7.38. The fourth-order valence-electron chi connectivity index (χ4n) is 1.69.